The third-order valence-corrected chi connectivity index (χ3v) is 6.31. The molecule has 0 spiro atoms. The van der Waals surface area contributed by atoms with Crippen LogP contribution in [0.15, 0.2) is 39.6 Å². The largest absolute Gasteiger partial charge is 0.593 e. The topological polar surface area (TPSA) is 142 Å². The number of allylic oxidation sites excluding steroid dienone is 1. The number of rotatable bonds is 9. The van der Waals surface area contributed by atoms with Crippen molar-refractivity contribution in [3.8, 4) is 5.75 Å². The van der Waals surface area contributed by atoms with Crippen molar-refractivity contribution in [3.63, 3.8) is 0 Å². The van der Waals surface area contributed by atoms with Crippen LogP contribution < -0.4 is 20.9 Å². The van der Waals surface area contributed by atoms with E-state index < -0.39 is 17.3 Å². The molecule has 1 aromatic carbocycles. The van der Waals surface area contributed by atoms with Crippen LogP contribution in [0, 0.1) is 0 Å². The summed E-state index contributed by atoms with van der Waals surface area (Å²) < 4.78 is 19.9. The van der Waals surface area contributed by atoms with Gasteiger partial charge in [-0.3, -0.25) is 14.8 Å². The Morgan fingerprint density at radius 2 is 2.19 bits per heavy atom. The summed E-state index contributed by atoms with van der Waals surface area (Å²) in [6.45, 7) is 5.86. The summed E-state index contributed by atoms with van der Waals surface area (Å²) in [6, 6.07) is 4.90. The SMILES string of the molecule is CCCC1NC(C)=C2C(=O)NC(c3cc([S+]([O-])N(C)CC(=O)NO)ccc3OCC)=NN21. The molecular weight excluding hydrogens is 436 g/mol. The van der Waals surface area contributed by atoms with Gasteiger partial charge in [0, 0.05) is 18.8 Å². The van der Waals surface area contributed by atoms with Crippen molar-refractivity contribution in [2.45, 2.75) is 44.7 Å². The van der Waals surface area contributed by atoms with E-state index in [1.807, 2.05) is 13.8 Å². The number of carbonyl (C=O) groups is 2. The highest BCUT2D eigenvalue weighted by Gasteiger charge is 2.38. The highest BCUT2D eigenvalue weighted by molar-refractivity contribution is 7.89. The first-order valence-corrected chi connectivity index (χ1v) is 11.4. The molecule has 3 rings (SSSR count). The van der Waals surface area contributed by atoms with E-state index in [0.717, 1.165) is 18.5 Å². The number of fused-ring (bicyclic) bond motifs is 1. The zero-order valence-corrected chi connectivity index (χ0v) is 19.3. The zero-order chi connectivity index (χ0) is 23.4. The molecule has 0 saturated heterocycles. The summed E-state index contributed by atoms with van der Waals surface area (Å²) in [5.74, 6) is -0.209. The van der Waals surface area contributed by atoms with Crippen molar-refractivity contribution in [3.05, 3.63) is 35.2 Å². The molecule has 2 atom stereocenters. The standard InChI is InChI=1S/C20H28N6O5S/c1-5-7-16-21-12(3)18-20(28)22-19(23-26(16)18)14-10-13(8-9-15(14)31-6-2)32(30)25(4)11-17(27)24-29/h8-10,16,21,29H,5-7,11H2,1-4H3,(H,24,27)(H,22,23,28). The Hall–Kier alpha value is -2.80. The summed E-state index contributed by atoms with van der Waals surface area (Å²) >= 11 is -1.70. The molecule has 2 unspecified atom stereocenters. The van der Waals surface area contributed by atoms with Crippen molar-refractivity contribution in [1.29, 1.82) is 0 Å². The van der Waals surface area contributed by atoms with E-state index in [-0.39, 0.29) is 24.5 Å². The van der Waals surface area contributed by atoms with E-state index >= 15 is 0 Å². The van der Waals surface area contributed by atoms with Crippen LogP contribution in [0.5, 0.6) is 5.75 Å². The van der Waals surface area contributed by atoms with Crippen molar-refractivity contribution in [2.75, 3.05) is 20.2 Å². The van der Waals surface area contributed by atoms with Gasteiger partial charge >= 0.3 is 0 Å². The van der Waals surface area contributed by atoms with Crippen LogP contribution in [0.1, 0.15) is 39.2 Å². The van der Waals surface area contributed by atoms with E-state index in [1.165, 1.54) is 16.8 Å². The minimum absolute atomic E-state index is 0.132. The average molecular weight is 465 g/mol. The molecule has 0 fully saturated rings. The number of benzene rings is 1. The molecule has 2 aliphatic heterocycles. The number of carbonyl (C=O) groups excluding carboxylic acids is 2. The van der Waals surface area contributed by atoms with E-state index in [1.54, 1.807) is 23.2 Å². The lowest BCUT2D eigenvalue weighted by atomic mass is 10.1. The molecule has 11 nitrogen and oxygen atoms in total. The van der Waals surface area contributed by atoms with Crippen LogP contribution in [0.25, 0.3) is 0 Å². The molecular formula is C20H28N6O5S. The number of nitrogens with one attached hydrogen (secondary N) is 3. The lowest BCUT2D eigenvalue weighted by molar-refractivity contribution is -0.129. The average Bonchev–Trinajstić information content (AvgIpc) is 3.09. The lowest BCUT2D eigenvalue weighted by Gasteiger charge is -2.29. The van der Waals surface area contributed by atoms with Gasteiger partial charge < -0.3 is 19.9 Å². The van der Waals surface area contributed by atoms with Gasteiger partial charge in [-0.25, -0.2) is 10.5 Å². The van der Waals surface area contributed by atoms with Crippen LogP contribution in [-0.2, 0) is 21.0 Å². The molecule has 0 aromatic heterocycles. The molecule has 0 aliphatic carbocycles. The number of amides is 2. The number of ether oxygens (including phenoxy) is 1. The predicted octanol–water partition coefficient (Wildman–Crippen LogP) is 0.599. The number of amidine groups is 1. The first-order valence-electron chi connectivity index (χ1n) is 10.3. The van der Waals surface area contributed by atoms with Gasteiger partial charge in [0.15, 0.2) is 10.7 Å². The Morgan fingerprint density at radius 3 is 2.84 bits per heavy atom. The minimum atomic E-state index is -1.70. The van der Waals surface area contributed by atoms with Crippen molar-refractivity contribution in [1.82, 2.24) is 25.4 Å². The fourth-order valence-electron chi connectivity index (χ4n) is 3.55. The van der Waals surface area contributed by atoms with E-state index in [2.05, 4.69) is 22.7 Å². The van der Waals surface area contributed by atoms with Crippen molar-refractivity contribution < 1.29 is 24.1 Å². The van der Waals surface area contributed by atoms with Gasteiger partial charge in [-0.1, -0.05) is 13.3 Å². The number of hydrogen-bond acceptors (Lipinski definition) is 9. The van der Waals surface area contributed by atoms with E-state index in [9.17, 15) is 14.1 Å². The molecule has 32 heavy (non-hydrogen) atoms. The van der Waals surface area contributed by atoms with Gasteiger partial charge in [-0.2, -0.15) is 5.10 Å². The minimum Gasteiger partial charge on any atom is -0.593 e. The highest BCUT2D eigenvalue weighted by Crippen LogP contribution is 2.30. The summed E-state index contributed by atoms with van der Waals surface area (Å²) in [7, 11) is 1.49. The second-order valence-electron chi connectivity index (χ2n) is 7.33. The Morgan fingerprint density at radius 1 is 1.44 bits per heavy atom. The molecule has 0 saturated carbocycles. The maximum atomic E-state index is 12.9. The summed E-state index contributed by atoms with van der Waals surface area (Å²) in [5, 5.41) is 21.2. The van der Waals surface area contributed by atoms with Crippen LogP contribution >= 0.6 is 0 Å². The fraction of sp³-hybridized carbons (Fsp3) is 0.450. The van der Waals surface area contributed by atoms with Crippen molar-refractivity contribution in [2.24, 2.45) is 5.10 Å². The number of hydrazone groups is 1. The maximum Gasteiger partial charge on any atom is 0.276 e. The number of hydrogen-bond donors (Lipinski definition) is 4. The Bertz CT molecular complexity index is 952. The molecule has 2 amide bonds. The first-order chi connectivity index (χ1) is 15.3. The van der Waals surface area contributed by atoms with Gasteiger partial charge in [0.05, 0.1) is 23.5 Å². The predicted molar refractivity (Wildman–Crippen MR) is 118 cm³/mol. The maximum absolute atomic E-state index is 12.9. The Kier molecular flexibility index (Phi) is 7.61. The van der Waals surface area contributed by atoms with Gasteiger partial charge in [-0.05, 0) is 32.4 Å². The third-order valence-electron chi connectivity index (χ3n) is 4.96. The van der Waals surface area contributed by atoms with Gasteiger partial charge in [0.2, 0.25) is 0 Å². The smallest absolute Gasteiger partial charge is 0.276 e. The molecule has 12 heteroatoms. The normalized spacial score (nSPS) is 18.7. The van der Waals surface area contributed by atoms with Crippen LogP contribution in [-0.4, -0.2) is 63.1 Å². The van der Waals surface area contributed by atoms with Crippen LogP contribution in [0.4, 0.5) is 0 Å². The molecule has 2 aliphatic rings. The number of nitrogens with zero attached hydrogens (tertiary/aromatic N) is 3. The third kappa shape index (κ3) is 4.83. The van der Waals surface area contributed by atoms with Crippen molar-refractivity contribution >= 4 is 29.0 Å². The van der Waals surface area contributed by atoms with Gasteiger partial charge in [0.1, 0.15) is 24.2 Å². The molecule has 0 bridgehead atoms. The molecule has 0 radical (unpaired) electrons. The number of likely N-dealkylation sites (N-methyl/N-ethyl adjacent to an activating group) is 1. The second kappa shape index (κ2) is 10.2. The zero-order valence-electron chi connectivity index (χ0n) is 18.5. The summed E-state index contributed by atoms with van der Waals surface area (Å²) in [5.41, 5.74) is 3.22. The summed E-state index contributed by atoms with van der Waals surface area (Å²) in [4.78, 5) is 24.7. The van der Waals surface area contributed by atoms with Crippen LogP contribution in [0.3, 0.4) is 0 Å². The fourth-order valence-corrected chi connectivity index (χ4v) is 4.55. The quantitative estimate of drug-likeness (QED) is 0.236. The second-order valence-corrected chi connectivity index (χ2v) is 8.92. The van der Waals surface area contributed by atoms with E-state index in [4.69, 9.17) is 9.94 Å². The lowest BCUT2D eigenvalue weighted by Crippen LogP contribution is -2.46. The Labute approximate surface area is 189 Å². The molecule has 4 N–H and O–H groups in total. The molecule has 174 valence electrons. The summed E-state index contributed by atoms with van der Waals surface area (Å²) in [6.07, 6.45) is 1.57. The molecule has 1 aromatic rings. The first kappa shape index (κ1) is 23.9. The van der Waals surface area contributed by atoms with E-state index in [0.29, 0.717) is 28.5 Å². The van der Waals surface area contributed by atoms with Gasteiger partial charge in [0.25, 0.3) is 11.8 Å². The monoisotopic (exact) mass is 464 g/mol. The molecule has 2 heterocycles. The number of hydroxylamine groups is 1. The Balaban J connectivity index is 1.99. The highest BCUT2D eigenvalue weighted by atomic mass is 32.2. The van der Waals surface area contributed by atoms with Crippen LogP contribution in [0.2, 0.25) is 0 Å². The van der Waals surface area contributed by atoms with Gasteiger partial charge in [-0.15, -0.1) is 4.31 Å².